The van der Waals surface area contributed by atoms with Gasteiger partial charge in [-0.1, -0.05) is 29.8 Å². The van der Waals surface area contributed by atoms with Crippen LogP contribution in [0.25, 0.3) is 17.4 Å². The van der Waals surface area contributed by atoms with Crippen molar-refractivity contribution >= 4 is 29.5 Å². The number of esters is 1. The Morgan fingerprint density at radius 1 is 1.07 bits per heavy atom. The molecule has 0 spiro atoms. The minimum absolute atomic E-state index is 0.160. The zero-order valence-corrected chi connectivity index (χ0v) is 15.1. The molecule has 0 N–H and O–H groups in total. The number of furan rings is 1. The standard InChI is InChI=1S/C21H14ClNO4/c1-25-14-6-4-5-13(11-14)20-23-18(21(24)27-20)12-15-9-10-19(26-15)16-7-2-3-8-17(16)22/h2-12H,1H3. The molecular weight excluding hydrogens is 366 g/mol. The van der Waals surface area contributed by atoms with Crippen LogP contribution in [0.2, 0.25) is 5.02 Å². The number of aliphatic imine (C=N–C) groups is 1. The van der Waals surface area contributed by atoms with Crippen LogP contribution in [0.15, 0.2) is 75.8 Å². The highest BCUT2D eigenvalue weighted by molar-refractivity contribution is 6.33. The van der Waals surface area contributed by atoms with E-state index in [9.17, 15) is 4.79 Å². The van der Waals surface area contributed by atoms with Crippen molar-refractivity contribution in [3.8, 4) is 17.1 Å². The van der Waals surface area contributed by atoms with Gasteiger partial charge < -0.3 is 13.9 Å². The third kappa shape index (κ3) is 3.50. The summed E-state index contributed by atoms with van der Waals surface area (Å²) in [5.41, 5.74) is 1.59. The summed E-state index contributed by atoms with van der Waals surface area (Å²) in [5.74, 6) is 1.42. The largest absolute Gasteiger partial charge is 0.497 e. The fourth-order valence-corrected chi connectivity index (χ4v) is 2.89. The number of cyclic esters (lactones) is 1. The van der Waals surface area contributed by atoms with Gasteiger partial charge in [-0.15, -0.1) is 0 Å². The van der Waals surface area contributed by atoms with Crippen molar-refractivity contribution in [3.63, 3.8) is 0 Å². The first-order valence-corrected chi connectivity index (χ1v) is 8.53. The number of methoxy groups -OCH3 is 1. The lowest BCUT2D eigenvalue weighted by molar-refractivity contribution is -0.129. The highest BCUT2D eigenvalue weighted by atomic mass is 35.5. The van der Waals surface area contributed by atoms with E-state index in [0.29, 0.717) is 27.9 Å². The molecule has 134 valence electrons. The Bertz CT molecular complexity index is 1080. The molecule has 0 radical (unpaired) electrons. The fourth-order valence-electron chi connectivity index (χ4n) is 2.66. The second kappa shape index (κ2) is 7.13. The van der Waals surface area contributed by atoms with Crippen LogP contribution in [0.4, 0.5) is 0 Å². The first-order chi connectivity index (χ1) is 13.1. The average Bonchev–Trinajstić information content (AvgIpc) is 3.30. The van der Waals surface area contributed by atoms with Gasteiger partial charge in [0, 0.05) is 17.2 Å². The molecule has 3 aromatic rings. The number of halogens is 1. The first-order valence-electron chi connectivity index (χ1n) is 8.16. The number of ether oxygens (including phenoxy) is 2. The lowest BCUT2D eigenvalue weighted by Crippen LogP contribution is -2.05. The average molecular weight is 380 g/mol. The van der Waals surface area contributed by atoms with E-state index in [4.69, 9.17) is 25.5 Å². The molecule has 0 atom stereocenters. The number of carbonyl (C=O) groups excluding carboxylic acids is 1. The normalized spacial score (nSPS) is 15.0. The quantitative estimate of drug-likeness (QED) is 0.475. The van der Waals surface area contributed by atoms with Gasteiger partial charge in [-0.05, 0) is 42.5 Å². The zero-order chi connectivity index (χ0) is 18.8. The van der Waals surface area contributed by atoms with Crippen LogP contribution in [-0.2, 0) is 9.53 Å². The Kier molecular flexibility index (Phi) is 4.52. The molecule has 4 rings (SSSR count). The zero-order valence-electron chi connectivity index (χ0n) is 14.3. The van der Waals surface area contributed by atoms with Gasteiger partial charge in [0.2, 0.25) is 5.90 Å². The predicted molar refractivity (Wildman–Crippen MR) is 103 cm³/mol. The Balaban J connectivity index is 1.63. The fraction of sp³-hybridized carbons (Fsp3) is 0.0476. The summed E-state index contributed by atoms with van der Waals surface area (Å²) in [7, 11) is 1.57. The van der Waals surface area contributed by atoms with Crippen LogP contribution < -0.4 is 4.74 Å². The van der Waals surface area contributed by atoms with E-state index < -0.39 is 5.97 Å². The van der Waals surface area contributed by atoms with Crippen molar-refractivity contribution in [2.24, 2.45) is 4.99 Å². The molecule has 2 heterocycles. The number of hydrogen-bond acceptors (Lipinski definition) is 5. The molecule has 6 heteroatoms. The SMILES string of the molecule is COc1cccc(C2=NC(=Cc3ccc(-c4ccccc4Cl)o3)C(=O)O2)c1. The molecule has 0 bridgehead atoms. The number of benzene rings is 2. The van der Waals surface area contributed by atoms with Gasteiger partial charge in [0.25, 0.3) is 0 Å². The molecule has 1 aromatic heterocycles. The summed E-state index contributed by atoms with van der Waals surface area (Å²) in [6.07, 6.45) is 1.54. The summed E-state index contributed by atoms with van der Waals surface area (Å²) >= 11 is 6.19. The molecule has 2 aromatic carbocycles. The predicted octanol–water partition coefficient (Wildman–Crippen LogP) is 4.95. The number of nitrogens with zero attached hydrogens (tertiary/aromatic N) is 1. The lowest BCUT2D eigenvalue weighted by Gasteiger charge is -2.02. The molecular formula is C21H14ClNO4. The number of rotatable bonds is 4. The second-order valence-electron chi connectivity index (χ2n) is 5.75. The van der Waals surface area contributed by atoms with Gasteiger partial charge >= 0.3 is 5.97 Å². The van der Waals surface area contributed by atoms with E-state index in [1.165, 1.54) is 6.08 Å². The van der Waals surface area contributed by atoms with E-state index >= 15 is 0 Å². The smallest absolute Gasteiger partial charge is 0.363 e. The van der Waals surface area contributed by atoms with Crippen LogP contribution in [0, 0.1) is 0 Å². The topological polar surface area (TPSA) is 61.0 Å². The van der Waals surface area contributed by atoms with Crippen molar-refractivity contribution in [3.05, 3.63) is 82.7 Å². The maximum absolute atomic E-state index is 12.1. The summed E-state index contributed by atoms with van der Waals surface area (Å²) in [6, 6.07) is 18.1. The summed E-state index contributed by atoms with van der Waals surface area (Å²) in [4.78, 5) is 16.4. The van der Waals surface area contributed by atoms with E-state index in [2.05, 4.69) is 4.99 Å². The molecule has 1 aliphatic heterocycles. The summed E-state index contributed by atoms with van der Waals surface area (Å²) in [6.45, 7) is 0. The maximum Gasteiger partial charge on any atom is 0.363 e. The molecule has 0 amide bonds. The highest BCUT2D eigenvalue weighted by Gasteiger charge is 2.25. The molecule has 0 aliphatic carbocycles. The summed E-state index contributed by atoms with van der Waals surface area (Å²) < 4.78 is 16.2. The third-order valence-electron chi connectivity index (χ3n) is 3.98. The van der Waals surface area contributed by atoms with Gasteiger partial charge in [-0.3, -0.25) is 0 Å². The van der Waals surface area contributed by atoms with Crippen molar-refractivity contribution in [2.75, 3.05) is 7.11 Å². The van der Waals surface area contributed by atoms with Crippen LogP contribution in [-0.4, -0.2) is 19.0 Å². The first kappa shape index (κ1) is 17.1. The minimum Gasteiger partial charge on any atom is -0.497 e. The van der Waals surface area contributed by atoms with Crippen molar-refractivity contribution in [2.45, 2.75) is 0 Å². The van der Waals surface area contributed by atoms with Crippen LogP contribution in [0.5, 0.6) is 5.75 Å². The monoisotopic (exact) mass is 379 g/mol. The van der Waals surface area contributed by atoms with Gasteiger partial charge in [0.1, 0.15) is 17.3 Å². The Morgan fingerprint density at radius 2 is 1.93 bits per heavy atom. The molecule has 0 fully saturated rings. The van der Waals surface area contributed by atoms with Crippen molar-refractivity contribution < 1.29 is 18.7 Å². The molecule has 0 saturated heterocycles. The van der Waals surface area contributed by atoms with Crippen molar-refractivity contribution in [1.29, 1.82) is 0 Å². The highest BCUT2D eigenvalue weighted by Crippen LogP contribution is 2.30. The molecule has 27 heavy (non-hydrogen) atoms. The van der Waals surface area contributed by atoms with Gasteiger partial charge in [0.15, 0.2) is 5.70 Å². The third-order valence-corrected chi connectivity index (χ3v) is 4.31. The van der Waals surface area contributed by atoms with E-state index in [1.807, 2.05) is 18.2 Å². The maximum atomic E-state index is 12.1. The second-order valence-corrected chi connectivity index (χ2v) is 6.16. The number of carbonyl (C=O) groups is 1. The Hall–Kier alpha value is -3.31. The van der Waals surface area contributed by atoms with Gasteiger partial charge in [-0.25, -0.2) is 9.79 Å². The van der Waals surface area contributed by atoms with Crippen LogP contribution >= 0.6 is 11.6 Å². The van der Waals surface area contributed by atoms with E-state index in [-0.39, 0.29) is 11.6 Å². The van der Waals surface area contributed by atoms with Crippen LogP contribution in [0.3, 0.4) is 0 Å². The Labute approximate surface area is 160 Å². The lowest BCUT2D eigenvalue weighted by atomic mass is 10.2. The van der Waals surface area contributed by atoms with E-state index in [0.717, 1.165) is 5.56 Å². The van der Waals surface area contributed by atoms with Gasteiger partial charge in [0.05, 0.1) is 12.1 Å². The minimum atomic E-state index is -0.538. The molecule has 0 unspecified atom stereocenters. The summed E-state index contributed by atoms with van der Waals surface area (Å²) in [5, 5.41) is 0.588. The van der Waals surface area contributed by atoms with Gasteiger partial charge in [-0.2, -0.15) is 0 Å². The van der Waals surface area contributed by atoms with Crippen LogP contribution in [0.1, 0.15) is 11.3 Å². The van der Waals surface area contributed by atoms with E-state index in [1.54, 1.807) is 49.6 Å². The Morgan fingerprint density at radius 3 is 2.74 bits per heavy atom. The van der Waals surface area contributed by atoms with Crippen molar-refractivity contribution in [1.82, 2.24) is 0 Å². The molecule has 0 saturated carbocycles. The molecule has 5 nitrogen and oxygen atoms in total. The number of hydrogen-bond donors (Lipinski definition) is 0. The molecule has 1 aliphatic rings.